The van der Waals surface area contributed by atoms with E-state index in [9.17, 15) is 9.18 Å². The second-order valence-electron chi connectivity index (χ2n) is 12.0. The Kier molecular flexibility index (Phi) is 46.1. The average Bonchev–Trinajstić information content (AvgIpc) is 3.14. The van der Waals surface area contributed by atoms with E-state index < -0.39 is 6.67 Å². The number of hydrogen-bond donors (Lipinski definition) is 0. The summed E-state index contributed by atoms with van der Waals surface area (Å²) in [4.78, 5) is 11.9. The van der Waals surface area contributed by atoms with Gasteiger partial charge in [-0.05, 0) is 6.42 Å². The predicted octanol–water partition coefficient (Wildman–Crippen LogP) is 6.15. The lowest BCUT2D eigenvalue weighted by Crippen LogP contribution is -2.15. The molecular weight excluding hydrogens is 667 g/mol. The van der Waals surface area contributed by atoms with Gasteiger partial charge in [0.1, 0.15) is 13.3 Å². The summed E-state index contributed by atoms with van der Waals surface area (Å²) in [5.74, 6) is -0.135. The van der Waals surface area contributed by atoms with Crippen LogP contribution in [0.2, 0.25) is 0 Å². The Morgan fingerprint density at radius 1 is 0.333 bits per heavy atom. The molecule has 0 saturated heterocycles. The van der Waals surface area contributed by atoms with Gasteiger partial charge in [-0.1, -0.05) is 84.0 Å². The Balaban J connectivity index is 3.12. The average molecular weight is 743 g/mol. The fraction of sp³-hybridized carbons (Fsp3) is 0.974. The number of unbranched alkanes of at least 4 members (excludes halogenated alkanes) is 12. The lowest BCUT2D eigenvalue weighted by molar-refractivity contribution is -0.145. The number of carbonyl (C=O) groups is 1. The first-order chi connectivity index (χ1) is 25.3. The smallest absolute Gasteiger partial charge is 0.305 e. The van der Waals surface area contributed by atoms with Gasteiger partial charge in [-0.15, -0.1) is 0 Å². The van der Waals surface area contributed by atoms with Gasteiger partial charge in [0.15, 0.2) is 0 Å². The van der Waals surface area contributed by atoms with Crippen molar-refractivity contribution in [2.24, 2.45) is 0 Å². The Morgan fingerprint density at radius 3 is 0.843 bits per heavy atom. The summed E-state index contributed by atoms with van der Waals surface area (Å²) in [6.45, 7) is 11.1. The van der Waals surface area contributed by atoms with Crippen LogP contribution < -0.4 is 0 Å². The summed E-state index contributed by atoms with van der Waals surface area (Å²) < 4.78 is 71.0. The van der Waals surface area contributed by atoms with Crippen molar-refractivity contribution >= 4 is 5.97 Å². The zero-order valence-corrected chi connectivity index (χ0v) is 32.2. The van der Waals surface area contributed by atoms with Gasteiger partial charge in [0.2, 0.25) is 0 Å². The molecule has 51 heavy (non-hydrogen) atoms. The van der Waals surface area contributed by atoms with Gasteiger partial charge in [0.25, 0.3) is 0 Å². The van der Waals surface area contributed by atoms with Crippen LogP contribution in [-0.4, -0.2) is 151 Å². The highest BCUT2D eigenvalue weighted by Crippen LogP contribution is 2.13. The highest BCUT2D eigenvalue weighted by molar-refractivity contribution is 5.69. The molecule has 0 heterocycles. The quantitative estimate of drug-likeness (QED) is 0.0526. The first-order valence-corrected chi connectivity index (χ1v) is 19.8. The van der Waals surface area contributed by atoms with E-state index in [1.807, 2.05) is 0 Å². The van der Waals surface area contributed by atoms with E-state index in [2.05, 4.69) is 6.92 Å². The summed E-state index contributed by atoms with van der Waals surface area (Å²) in [6, 6.07) is 0. The molecule has 0 N–H and O–H groups in total. The molecule has 13 heteroatoms. The van der Waals surface area contributed by atoms with Crippen LogP contribution in [0.25, 0.3) is 0 Å². The van der Waals surface area contributed by atoms with Gasteiger partial charge in [0.05, 0.1) is 132 Å². The molecule has 0 aromatic rings. The highest BCUT2D eigenvalue weighted by atomic mass is 19.1. The molecular formula is C38H75FO12. The summed E-state index contributed by atoms with van der Waals surface area (Å²) in [7, 11) is 0. The van der Waals surface area contributed by atoms with E-state index in [4.69, 9.17) is 52.1 Å². The molecule has 0 amide bonds. The largest absolute Gasteiger partial charge is 0.463 e. The van der Waals surface area contributed by atoms with Crippen molar-refractivity contribution < 1.29 is 61.3 Å². The minimum absolute atomic E-state index is 0.112. The van der Waals surface area contributed by atoms with Gasteiger partial charge in [-0.2, -0.15) is 0 Å². The number of rotatable bonds is 46. The first-order valence-electron chi connectivity index (χ1n) is 19.8. The second kappa shape index (κ2) is 47.0. The first kappa shape index (κ1) is 50.0. The Hall–Kier alpha value is -1.00. The highest BCUT2D eigenvalue weighted by Gasteiger charge is 2.03. The molecule has 0 aliphatic heterocycles. The minimum Gasteiger partial charge on any atom is -0.463 e. The maximum atomic E-state index is 11.9. The summed E-state index contributed by atoms with van der Waals surface area (Å²) in [5, 5.41) is 0. The SMILES string of the molecule is CCCCCCCCCCCCCCCC(=O)OCCOCCOCCOCCOCCOCCOCCOCCOCCOCCOCCF. The number of alkyl halides is 1. The number of hydrogen-bond acceptors (Lipinski definition) is 12. The van der Waals surface area contributed by atoms with Crippen LogP contribution in [0.4, 0.5) is 4.39 Å². The molecule has 0 saturated carbocycles. The normalized spacial score (nSPS) is 11.5. The van der Waals surface area contributed by atoms with Gasteiger partial charge in [-0.3, -0.25) is 4.79 Å². The molecule has 12 nitrogen and oxygen atoms in total. The molecule has 0 atom stereocenters. The molecule has 0 radical (unpaired) electrons. The molecule has 306 valence electrons. The van der Waals surface area contributed by atoms with E-state index in [-0.39, 0.29) is 19.2 Å². The minimum atomic E-state index is -0.476. The van der Waals surface area contributed by atoms with Crippen molar-refractivity contribution in [1.82, 2.24) is 0 Å². The zero-order chi connectivity index (χ0) is 36.8. The molecule has 0 aliphatic carbocycles. The summed E-state index contributed by atoms with van der Waals surface area (Å²) in [6.07, 6.45) is 17.3. The fourth-order valence-corrected chi connectivity index (χ4v) is 4.71. The van der Waals surface area contributed by atoms with E-state index in [1.54, 1.807) is 0 Å². The van der Waals surface area contributed by atoms with Crippen LogP contribution in [0.15, 0.2) is 0 Å². The van der Waals surface area contributed by atoms with E-state index in [0.717, 1.165) is 12.8 Å². The Bertz CT molecular complexity index is 650. The van der Waals surface area contributed by atoms with Crippen molar-refractivity contribution in [2.75, 3.05) is 145 Å². The van der Waals surface area contributed by atoms with E-state index >= 15 is 0 Å². The van der Waals surface area contributed by atoms with Gasteiger partial charge < -0.3 is 52.1 Å². The number of esters is 1. The summed E-state index contributed by atoms with van der Waals surface area (Å²) >= 11 is 0. The van der Waals surface area contributed by atoms with Crippen LogP contribution in [-0.2, 0) is 56.9 Å². The predicted molar refractivity (Wildman–Crippen MR) is 195 cm³/mol. The van der Waals surface area contributed by atoms with Crippen molar-refractivity contribution in [3.05, 3.63) is 0 Å². The molecule has 0 aliphatic rings. The van der Waals surface area contributed by atoms with E-state index in [0.29, 0.717) is 132 Å². The number of carbonyl (C=O) groups excluding carboxylic acids is 1. The molecule has 0 rings (SSSR count). The monoisotopic (exact) mass is 743 g/mol. The molecule has 0 aromatic carbocycles. The maximum Gasteiger partial charge on any atom is 0.305 e. The zero-order valence-electron chi connectivity index (χ0n) is 32.2. The molecule has 0 bridgehead atoms. The lowest BCUT2D eigenvalue weighted by atomic mass is 10.0. The van der Waals surface area contributed by atoms with Gasteiger partial charge >= 0.3 is 5.97 Å². The van der Waals surface area contributed by atoms with Crippen molar-refractivity contribution in [2.45, 2.75) is 96.8 Å². The molecule has 0 unspecified atom stereocenters. The van der Waals surface area contributed by atoms with Crippen LogP contribution in [0.3, 0.4) is 0 Å². The molecule has 0 fully saturated rings. The van der Waals surface area contributed by atoms with Crippen molar-refractivity contribution in [1.29, 1.82) is 0 Å². The van der Waals surface area contributed by atoms with Crippen molar-refractivity contribution in [3.63, 3.8) is 0 Å². The van der Waals surface area contributed by atoms with Crippen molar-refractivity contribution in [3.8, 4) is 0 Å². The van der Waals surface area contributed by atoms with Gasteiger partial charge in [0, 0.05) is 6.42 Å². The third kappa shape index (κ3) is 47.0. The topological polar surface area (TPSA) is 119 Å². The maximum absolute atomic E-state index is 11.9. The van der Waals surface area contributed by atoms with Crippen LogP contribution in [0.5, 0.6) is 0 Å². The lowest BCUT2D eigenvalue weighted by Gasteiger charge is -2.09. The Labute approximate surface area is 309 Å². The fourth-order valence-electron chi connectivity index (χ4n) is 4.71. The Morgan fingerprint density at radius 2 is 0.569 bits per heavy atom. The second-order valence-corrected chi connectivity index (χ2v) is 12.0. The summed E-state index contributed by atoms with van der Waals surface area (Å²) in [5.41, 5.74) is 0. The molecule has 0 spiro atoms. The number of ether oxygens (including phenoxy) is 11. The number of halogens is 1. The molecule has 0 aromatic heterocycles. The van der Waals surface area contributed by atoms with Crippen LogP contribution in [0.1, 0.15) is 96.8 Å². The van der Waals surface area contributed by atoms with Gasteiger partial charge in [-0.25, -0.2) is 4.39 Å². The third-order valence-corrected chi connectivity index (χ3v) is 7.54. The standard InChI is InChI=1S/C38H75FO12/c1-2-3-4-5-6-7-8-9-10-11-12-13-14-15-38(40)51-37-36-50-35-34-49-33-32-48-31-30-47-29-28-46-27-26-45-25-24-44-23-22-43-21-20-42-19-18-41-17-16-39/h2-37H2,1H3. The van der Waals surface area contributed by atoms with Crippen LogP contribution >= 0.6 is 0 Å². The third-order valence-electron chi connectivity index (χ3n) is 7.54. The van der Waals surface area contributed by atoms with E-state index in [1.165, 1.54) is 70.6 Å². The van der Waals surface area contributed by atoms with Crippen LogP contribution in [0, 0.1) is 0 Å².